The summed E-state index contributed by atoms with van der Waals surface area (Å²) >= 11 is 3.18. The van der Waals surface area contributed by atoms with Crippen molar-refractivity contribution in [3.63, 3.8) is 0 Å². The van der Waals surface area contributed by atoms with E-state index in [9.17, 15) is 13.2 Å². The molecule has 108 valence electrons. The largest absolute Gasteiger partial charge is 0.418 e. The van der Waals surface area contributed by atoms with Crippen molar-refractivity contribution < 1.29 is 17.9 Å². The molecule has 6 heteroatoms. The third kappa shape index (κ3) is 4.38. The van der Waals surface area contributed by atoms with Crippen molar-refractivity contribution in [2.45, 2.75) is 18.4 Å². The van der Waals surface area contributed by atoms with Crippen molar-refractivity contribution in [2.75, 3.05) is 31.7 Å². The van der Waals surface area contributed by atoms with E-state index in [1.807, 2.05) is 6.92 Å². The summed E-state index contributed by atoms with van der Waals surface area (Å²) < 4.78 is 44.3. The molecule has 1 aromatic carbocycles. The van der Waals surface area contributed by atoms with Crippen molar-refractivity contribution in [2.24, 2.45) is 0 Å². The van der Waals surface area contributed by atoms with E-state index < -0.39 is 11.7 Å². The average Bonchev–Trinajstić information content (AvgIpc) is 2.38. The number of ether oxygens (including phenoxy) is 1. The maximum Gasteiger partial charge on any atom is 0.418 e. The second-order valence-electron chi connectivity index (χ2n) is 4.06. The maximum absolute atomic E-state index is 13.1. The normalized spacial score (nSPS) is 11.7. The molecule has 0 N–H and O–H groups in total. The molecule has 0 aliphatic rings. The molecule has 0 bridgehead atoms. The predicted molar refractivity (Wildman–Crippen MR) is 73.8 cm³/mol. The lowest BCUT2D eigenvalue weighted by molar-refractivity contribution is -0.137. The fourth-order valence-electron chi connectivity index (χ4n) is 1.82. The van der Waals surface area contributed by atoms with Gasteiger partial charge in [-0.3, -0.25) is 0 Å². The van der Waals surface area contributed by atoms with Crippen LogP contribution in [0.3, 0.4) is 0 Å². The first-order valence-corrected chi connectivity index (χ1v) is 7.06. The van der Waals surface area contributed by atoms with Crippen LogP contribution < -0.4 is 4.90 Å². The van der Waals surface area contributed by atoms with Crippen molar-refractivity contribution in [3.05, 3.63) is 29.3 Å². The number of anilines is 1. The van der Waals surface area contributed by atoms with Crippen LogP contribution in [0.2, 0.25) is 0 Å². The molecule has 0 saturated carbocycles. The summed E-state index contributed by atoms with van der Waals surface area (Å²) in [6.07, 6.45) is -4.35. The quantitative estimate of drug-likeness (QED) is 0.724. The molecule has 2 nitrogen and oxygen atoms in total. The van der Waals surface area contributed by atoms with Crippen molar-refractivity contribution in [1.82, 2.24) is 0 Å². The van der Waals surface area contributed by atoms with Crippen LogP contribution in [0.15, 0.2) is 18.2 Å². The van der Waals surface area contributed by atoms with Gasteiger partial charge in [-0.05, 0) is 24.6 Å². The number of hydrogen-bond acceptors (Lipinski definition) is 2. The Hall–Kier alpha value is -0.750. The van der Waals surface area contributed by atoms with E-state index in [0.29, 0.717) is 30.6 Å². The Morgan fingerprint density at radius 2 is 2.00 bits per heavy atom. The topological polar surface area (TPSA) is 12.5 Å². The molecular weight excluding hydrogens is 323 g/mol. The molecule has 0 amide bonds. The monoisotopic (exact) mass is 339 g/mol. The molecule has 0 saturated heterocycles. The van der Waals surface area contributed by atoms with E-state index in [-0.39, 0.29) is 5.69 Å². The van der Waals surface area contributed by atoms with E-state index in [1.165, 1.54) is 19.2 Å². The first-order valence-electron chi connectivity index (χ1n) is 5.94. The molecule has 0 fully saturated rings. The highest BCUT2D eigenvalue weighted by Crippen LogP contribution is 2.37. The van der Waals surface area contributed by atoms with Crippen molar-refractivity contribution >= 4 is 21.6 Å². The SMILES string of the molecule is CCN(CCOC)c1ccc(CBr)cc1C(F)(F)F. The maximum atomic E-state index is 13.1. The minimum atomic E-state index is -4.35. The van der Waals surface area contributed by atoms with Crippen LogP contribution in [-0.2, 0) is 16.2 Å². The number of hydrogen-bond donors (Lipinski definition) is 0. The molecule has 0 unspecified atom stereocenters. The Kier molecular flexibility index (Phi) is 6.13. The number of benzene rings is 1. The zero-order chi connectivity index (χ0) is 14.5. The summed E-state index contributed by atoms with van der Waals surface area (Å²) in [7, 11) is 1.53. The van der Waals surface area contributed by atoms with Crippen LogP contribution in [0.25, 0.3) is 0 Å². The number of halogens is 4. The molecule has 1 aromatic rings. The number of likely N-dealkylation sites (N-methyl/N-ethyl adjacent to an activating group) is 1. The van der Waals surface area contributed by atoms with Gasteiger partial charge in [0.25, 0.3) is 0 Å². The second-order valence-corrected chi connectivity index (χ2v) is 4.62. The molecule has 0 aliphatic carbocycles. The van der Waals surface area contributed by atoms with E-state index in [2.05, 4.69) is 15.9 Å². The fourth-order valence-corrected chi connectivity index (χ4v) is 2.17. The molecule has 0 radical (unpaired) electrons. The average molecular weight is 340 g/mol. The Morgan fingerprint density at radius 3 is 2.47 bits per heavy atom. The first-order chi connectivity index (χ1) is 8.93. The van der Waals surface area contributed by atoms with Crippen LogP contribution in [0.4, 0.5) is 18.9 Å². The Balaban J connectivity index is 3.17. The highest BCUT2D eigenvalue weighted by Gasteiger charge is 2.34. The molecule has 0 heterocycles. The summed E-state index contributed by atoms with van der Waals surface area (Å²) in [5, 5.41) is 0.403. The standard InChI is InChI=1S/C13H17BrF3NO/c1-3-18(6-7-19-2)12-5-4-10(9-14)8-11(12)13(15,16)17/h4-5,8H,3,6-7,9H2,1-2H3. The molecule has 0 aromatic heterocycles. The van der Waals surface area contributed by atoms with Gasteiger partial charge in [-0.15, -0.1) is 0 Å². The van der Waals surface area contributed by atoms with Gasteiger partial charge in [-0.25, -0.2) is 0 Å². The summed E-state index contributed by atoms with van der Waals surface area (Å²) in [5.74, 6) is 0. The van der Waals surface area contributed by atoms with Gasteiger partial charge in [0.15, 0.2) is 0 Å². The fraction of sp³-hybridized carbons (Fsp3) is 0.538. The third-order valence-electron chi connectivity index (χ3n) is 2.81. The molecular formula is C13H17BrF3NO. The van der Waals surface area contributed by atoms with Gasteiger partial charge in [0.2, 0.25) is 0 Å². The molecule has 19 heavy (non-hydrogen) atoms. The van der Waals surface area contributed by atoms with E-state index in [4.69, 9.17) is 4.74 Å². The minimum absolute atomic E-state index is 0.205. The number of methoxy groups -OCH3 is 1. The molecule has 0 aliphatic heterocycles. The lowest BCUT2D eigenvalue weighted by Gasteiger charge is -2.26. The van der Waals surface area contributed by atoms with Gasteiger partial charge >= 0.3 is 6.18 Å². The first kappa shape index (κ1) is 16.3. The number of alkyl halides is 4. The zero-order valence-corrected chi connectivity index (χ0v) is 12.5. The summed E-state index contributed by atoms with van der Waals surface area (Å²) in [4.78, 5) is 1.67. The van der Waals surface area contributed by atoms with E-state index >= 15 is 0 Å². The van der Waals surface area contributed by atoms with E-state index in [1.54, 1.807) is 11.0 Å². The molecule has 0 spiro atoms. The van der Waals surface area contributed by atoms with Crippen LogP contribution >= 0.6 is 15.9 Å². The Labute approximate surface area is 119 Å². The lowest BCUT2D eigenvalue weighted by atomic mass is 10.1. The van der Waals surface area contributed by atoms with Gasteiger partial charge in [0, 0.05) is 31.2 Å². The number of rotatable bonds is 6. The molecule has 0 atom stereocenters. The zero-order valence-electron chi connectivity index (χ0n) is 10.9. The summed E-state index contributed by atoms with van der Waals surface area (Å²) in [6, 6.07) is 4.42. The highest BCUT2D eigenvalue weighted by molar-refractivity contribution is 9.08. The minimum Gasteiger partial charge on any atom is -0.383 e. The van der Waals surface area contributed by atoms with Crippen molar-refractivity contribution in [3.8, 4) is 0 Å². The predicted octanol–water partition coefficient (Wildman–Crippen LogP) is 4.07. The smallest absolute Gasteiger partial charge is 0.383 e. The summed E-state index contributed by atoms with van der Waals surface area (Å²) in [5.41, 5.74) is 0.220. The highest BCUT2D eigenvalue weighted by atomic mass is 79.9. The van der Waals surface area contributed by atoms with Crippen LogP contribution in [0, 0.1) is 0 Å². The third-order valence-corrected chi connectivity index (χ3v) is 3.46. The lowest BCUT2D eigenvalue weighted by Crippen LogP contribution is -2.29. The number of nitrogens with zero attached hydrogens (tertiary/aromatic N) is 1. The van der Waals surface area contributed by atoms with Gasteiger partial charge in [-0.2, -0.15) is 13.2 Å². The van der Waals surface area contributed by atoms with Gasteiger partial charge in [0.1, 0.15) is 0 Å². The Morgan fingerprint density at radius 1 is 1.32 bits per heavy atom. The van der Waals surface area contributed by atoms with Gasteiger partial charge in [-0.1, -0.05) is 22.0 Å². The van der Waals surface area contributed by atoms with Crippen LogP contribution in [0.1, 0.15) is 18.1 Å². The second kappa shape index (κ2) is 7.14. The Bertz CT molecular complexity index is 409. The van der Waals surface area contributed by atoms with Crippen molar-refractivity contribution in [1.29, 1.82) is 0 Å². The van der Waals surface area contributed by atoms with Gasteiger partial charge in [0.05, 0.1) is 12.2 Å². The van der Waals surface area contributed by atoms with Gasteiger partial charge < -0.3 is 9.64 Å². The van der Waals surface area contributed by atoms with Crippen LogP contribution in [0.5, 0.6) is 0 Å². The molecule has 1 rings (SSSR count). The van der Waals surface area contributed by atoms with E-state index in [0.717, 1.165) is 0 Å². The van der Waals surface area contributed by atoms with Crippen LogP contribution in [-0.4, -0.2) is 26.8 Å². The summed E-state index contributed by atoms with van der Waals surface area (Å²) in [6.45, 7) is 3.16.